The minimum Gasteiger partial charge on any atom is -0.464 e. The van der Waals surface area contributed by atoms with E-state index in [0.717, 1.165) is 10.1 Å². The van der Waals surface area contributed by atoms with Crippen molar-refractivity contribution < 1.29 is 4.74 Å². The molecule has 0 saturated heterocycles. The van der Waals surface area contributed by atoms with E-state index in [1.54, 1.807) is 6.20 Å². The molecule has 12 heavy (non-hydrogen) atoms. The molecule has 0 aliphatic rings. The maximum atomic E-state index is 5.37. The first-order chi connectivity index (χ1) is 5.75. The van der Waals surface area contributed by atoms with Crippen molar-refractivity contribution in [3.63, 3.8) is 0 Å². The molecule has 0 fully saturated rings. The van der Waals surface area contributed by atoms with E-state index < -0.39 is 0 Å². The minimum atomic E-state index is 0.643. The normalized spacial score (nSPS) is 9.83. The number of ether oxygens (including phenoxy) is 1. The van der Waals surface area contributed by atoms with E-state index in [-0.39, 0.29) is 0 Å². The van der Waals surface area contributed by atoms with Crippen molar-refractivity contribution in [1.29, 1.82) is 0 Å². The molecule has 0 saturated carbocycles. The van der Waals surface area contributed by atoms with Gasteiger partial charge >= 0.3 is 0 Å². The predicted octanol–water partition coefficient (Wildman–Crippen LogP) is 1.98. The van der Waals surface area contributed by atoms with Gasteiger partial charge in [-0.1, -0.05) is 6.08 Å². The van der Waals surface area contributed by atoms with Gasteiger partial charge in [-0.25, -0.2) is 4.98 Å². The summed E-state index contributed by atoms with van der Waals surface area (Å²) >= 11 is 2.21. The Morgan fingerprint density at radius 1 is 1.83 bits per heavy atom. The maximum absolute atomic E-state index is 5.37. The summed E-state index contributed by atoms with van der Waals surface area (Å²) in [6, 6.07) is 0.668. The third kappa shape index (κ3) is 2.23. The molecule has 4 heteroatoms. The number of hydrogen-bond acceptors (Lipinski definition) is 2. The number of aromatic nitrogens is 2. The lowest BCUT2D eigenvalue weighted by molar-refractivity contribution is 0.289. The van der Waals surface area contributed by atoms with E-state index in [9.17, 15) is 0 Å². The fraction of sp³-hybridized carbons (Fsp3) is 0.375. The summed E-state index contributed by atoms with van der Waals surface area (Å²) in [5.74, 6) is 0. The van der Waals surface area contributed by atoms with Crippen LogP contribution in [0, 0.1) is 3.70 Å². The lowest BCUT2D eigenvalue weighted by atomic mass is 10.5. The average Bonchev–Trinajstić information content (AvgIpc) is 2.36. The number of nitrogens with zero attached hydrogens (tertiary/aromatic N) is 2. The van der Waals surface area contributed by atoms with Gasteiger partial charge in [-0.3, -0.25) is 4.57 Å². The predicted molar refractivity (Wildman–Crippen MR) is 56.2 cm³/mol. The van der Waals surface area contributed by atoms with Gasteiger partial charge < -0.3 is 4.74 Å². The second-order valence-electron chi connectivity index (χ2n) is 2.35. The van der Waals surface area contributed by atoms with Crippen molar-refractivity contribution in [2.75, 3.05) is 6.61 Å². The first kappa shape index (κ1) is 9.57. The Bertz CT molecular complexity index is 270. The van der Waals surface area contributed by atoms with Gasteiger partial charge in [0.2, 0.25) is 0 Å². The first-order valence-electron chi connectivity index (χ1n) is 3.66. The summed E-state index contributed by atoms with van der Waals surface area (Å²) in [6.07, 6.45) is 4.46. The highest BCUT2D eigenvalue weighted by Crippen LogP contribution is 2.12. The molecule has 0 atom stereocenters. The Morgan fingerprint density at radius 3 is 3.08 bits per heavy atom. The molecule has 0 spiro atoms. The summed E-state index contributed by atoms with van der Waals surface area (Å²) in [4.78, 5) is 4.09. The van der Waals surface area contributed by atoms with Crippen LogP contribution in [0.2, 0.25) is 0 Å². The summed E-state index contributed by atoms with van der Waals surface area (Å²) in [5, 5.41) is 0. The zero-order valence-corrected chi connectivity index (χ0v) is 9.11. The second-order valence-corrected chi connectivity index (χ2v) is 3.45. The average molecular weight is 278 g/mol. The Balaban J connectivity index is 2.51. The van der Waals surface area contributed by atoms with E-state index in [1.165, 1.54) is 0 Å². The summed E-state index contributed by atoms with van der Waals surface area (Å²) in [6.45, 7) is 4.25. The summed E-state index contributed by atoms with van der Waals surface area (Å²) < 4.78 is 8.35. The highest BCUT2D eigenvalue weighted by molar-refractivity contribution is 14.1. The van der Waals surface area contributed by atoms with E-state index in [4.69, 9.17) is 4.74 Å². The van der Waals surface area contributed by atoms with Crippen LogP contribution in [0.1, 0.15) is 6.42 Å². The Morgan fingerprint density at radius 2 is 2.58 bits per heavy atom. The number of hydrogen-bond donors (Lipinski definition) is 0. The maximum Gasteiger partial charge on any atom is 0.296 e. The van der Waals surface area contributed by atoms with Gasteiger partial charge in [-0.15, -0.1) is 6.58 Å². The molecule has 1 aromatic rings. The smallest absolute Gasteiger partial charge is 0.296 e. The highest BCUT2D eigenvalue weighted by Gasteiger charge is 2.03. The van der Waals surface area contributed by atoms with Crippen molar-refractivity contribution in [3.8, 4) is 6.01 Å². The number of imidazole rings is 1. The van der Waals surface area contributed by atoms with Crippen LogP contribution in [0.3, 0.4) is 0 Å². The quantitative estimate of drug-likeness (QED) is 0.478. The molecule has 0 radical (unpaired) electrons. The molecular formula is C8H11IN2O. The van der Waals surface area contributed by atoms with E-state index in [2.05, 4.69) is 34.2 Å². The van der Waals surface area contributed by atoms with Gasteiger partial charge in [0, 0.05) is 7.05 Å². The van der Waals surface area contributed by atoms with Crippen molar-refractivity contribution in [2.45, 2.75) is 6.42 Å². The standard InChI is InChI=1S/C8H11IN2O/c1-3-4-5-12-8-10-6-7(9)11(8)2/h3,6H,1,4-5H2,2H3. The third-order valence-electron chi connectivity index (χ3n) is 1.44. The molecule has 0 unspecified atom stereocenters. The zero-order chi connectivity index (χ0) is 8.97. The first-order valence-corrected chi connectivity index (χ1v) is 4.74. The number of rotatable bonds is 4. The van der Waals surface area contributed by atoms with Crippen LogP contribution in [0.15, 0.2) is 18.9 Å². The molecule has 1 aromatic heterocycles. The Kier molecular flexibility index (Phi) is 3.58. The Hall–Kier alpha value is -0.520. The zero-order valence-electron chi connectivity index (χ0n) is 6.96. The fourth-order valence-corrected chi connectivity index (χ4v) is 1.09. The van der Waals surface area contributed by atoms with Crippen LogP contribution in [-0.2, 0) is 7.05 Å². The lowest BCUT2D eigenvalue weighted by Gasteiger charge is -2.03. The van der Waals surface area contributed by atoms with Crippen molar-refractivity contribution >= 4 is 22.6 Å². The molecule has 1 rings (SSSR count). The molecule has 0 bridgehead atoms. The molecular weight excluding hydrogens is 267 g/mol. The molecule has 0 N–H and O–H groups in total. The Labute approximate surface area is 85.6 Å². The minimum absolute atomic E-state index is 0.643. The largest absolute Gasteiger partial charge is 0.464 e. The summed E-state index contributed by atoms with van der Waals surface area (Å²) in [7, 11) is 1.93. The van der Waals surface area contributed by atoms with E-state index in [0.29, 0.717) is 12.6 Å². The third-order valence-corrected chi connectivity index (χ3v) is 2.44. The van der Waals surface area contributed by atoms with E-state index >= 15 is 0 Å². The molecule has 0 aliphatic heterocycles. The van der Waals surface area contributed by atoms with Crippen molar-refractivity contribution in [3.05, 3.63) is 22.6 Å². The molecule has 1 heterocycles. The monoisotopic (exact) mass is 278 g/mol. The molecule has 0 aliphatic carbocycles. The molecule has 0 aromatic carbocycles. The van der Waals surface area contributed by atoms with Crippen molar-refractivity contribution in [1.82, 2.24) is 9.55 Å². The van der Waals surface area contributed by atoms with Crippen molar-refractivity contribution in [2.24, 2.45) is 7.05 Å². The van der Waals surface area contributed by atoms with E-state index in [1.807, 2.05) is 17.7 Å². The van der Waals surface area contributed by atoms with Gasteiger partial charge in [0.15, 0.2) is 0 Å². The molecule has 3 nitrogen and oxygen atoms in total. The summed E-state index contributed by atoms with van der Waals surface area (Å²) in [5.41, 5.74) is 0. The second kappa shape index (κ2) is 4.49. The van der Waals surface area contributed by atoms with Gasteiger partial charge in [0.05, 0.1) is 12.8 Å². The SMILES string of the molecule is C=CCCOc1ncc(I)n1C. The van der Waals surface area contributed by atoms with Gasteiger partial charge in [0.1, 0.15) is 3.70 Å². The fourth-order valence-electron chi connectivity index (χ4n) is 0.741. The van der Waals surface area contributed by atoms with Crippen LogP contribution < -0.4 is 4.74 Å². The van der Waals surface area contributed by atoms with Crippen LogP contribution in [0.5, 0.6) is 6.01 Å². The van der Waals surface area contributed by atoms with Crippen LogP contribution in [-0.4, -0.2) is 16.2 Å². The number of halogens is 1. The van der Waals surface area contributed by atoms with Gasteiger partial charge in [-0.2, -0.15) is 0 Å². The molecule has 66 valence electrons. The van der Waals surface area contributed by atoms with Crippen LogP contribution in [0.4, 0.5) is 0 Å². The van der Waals surface area contributed by atoms with Gasteiger partial charge in [0.25, 0.3) is 6.01 Å². The molecule has 0 amide bonds. The highest BCUT2D eigenvalue weighted by atomic mass is 127. The topological polar surface area (TPSA) is 27.1 Å². The van der Waals surface area contributed by atoms with Gasteiger partial charge in [-0.05, 0) is 29.0 Å². The lowest BCUT2D eigenvalue weighted by Crippen LogP contribution is -2.02. The van der Waals surface area contributed by atoms with Crippen LogP contribution in [0.25, 0.3) is 0 Å². The van der Waals surface area contributed by atoms with Crippen LogP contribution >= 0.6 is 22.6 Å².